The van der Waals surface area contributed by atoms with Crippen molar-refractivity contribution in [2.24, 2.45) is 0 Å². The molecule has 0 atom stereocenters. The highest BCUT2D eigenvalue weighted by molar-refractivity contribution is 5.91. The van der Waals surface area contributed by atoms with E-state index in [2.05, 4.69) is 4.98 Å². The minimum atomic E-state index is 0.364. The number of aromatic nitrogens is 1. The number of rotatable bonds is 0. The van der Waals surface area contributed by atoms with Crippen LogP contribution in [0.3, 0.4) is 0 Å². The average Bonchev–Trinajstić information content (AvgIpc) is 2.15. The van der Waals surface area contributed by atoms with Crippen LogP contribution in [-0.2, 0) is 0 Å². The maximum atomic E-state index is 9.75. The van der Waals surface area contributed by atoms with Gasteiger partial charge in [0, 0.05) is 23.2 Å². The fourth-order valence-corrected chi connectivity index (χ4v) is 1.60. The molecule has 2 heteroatoms. The second-order valence-electron chi connectivity index (χ2n) is 3.28. The summed E-state index contributed by atoms with van der Waals surface area (Å²) in [6.45, 7) is 3.93. The Hall–Kier alpha value is -1.57. The Labute approximate surface area is 76.9 Å². The van der Waals surface area contributed by atoms with Gasteiger partial charge in [0.05, 0.1) is 0 Å². The molecule has 0 amide bonds. The van der Waals surface area contributed by atoms with E-state index in [-0.39, 0.29) is 0 Å². The number of aryl methyl sites for hydroxylation is 2. The van der Waals surface area contributed by atoms with Crippen LogP contribution in [0.2, 0.25) is 0 Å². The number of hydrogen-bond donors (Lipinski definition) is 1. The lowest BCUT2D eigenvalue weighted by atomic mass is 10.0. The first kappa shape index (κ1) is 8.05. The summed E-state index contributed by atoms with van der Waals surface area (Å²) in [6, 6.07) is 3.81. The van der Waals surface area contributed by atoms with Gasteiger partial charge in [0.25, 0.3) is 0 Å². The van der Waals surface area contributed by atoms with Crippen LogP contribution in [0, 0.1) is 13.8 Å². The van der Waals surface area contributed by atoms with Crippen LogP contribution in [-0.4, -0.2) is 10.1 Å². The molecular formula is C11H11NO. The molecule has 0 aliphatic heterocycles. The fourth-order valence-electron chi connectivity index (χ4n) is 1.60. The van der Waals surface area contributed by atoms with Crippen molar-refractivity contribution in [3.8, 4) is 5.75 Å². The number of hydrogen-bond acceptors (Lipinski definition) is 2. The summed E-state index contributed by atoms with van der Waals surface area (Å²) >= 11 is 0. The zero-order valence-electron chi connectivity index (χ0n) is 7.70. The molecule has 0 unspecified atom stereocenters. The lowest BCUT2D eigenvalue weighted by Gasteiger charge is -2.06. The number of fused-ring (bicyclic) bond motifs is 1. The zero-order chi connectivity index (χ0) is 9.42. The molecule has 0 radical (unpaired) electrons. The molecule has 0 spiro atoms. The number of phenolic OH excluding ortho intramolecular Hbond substituents is 1. The third kappa shape index (κ3) is 1.15. The van der Waals surface area contributed by atoms with Gasteiger partial charge in [0.15, 0.2) is 0 Å². The molecular weight excluding hydrogens is 162 g/mol. The second kappa shape index (κ2) is 2.73. The summed E-state index contributed by atoms with van der Waals surface area (Å²) < 4.78 is 0. The summed E-state index contributed by atoms with van der Waals surface area (Å²) in [6.07, 6.45) is 3.48. The molecule has 0 aliphatic carbocycles. The van der Waals surface area contributed by atoms with Crippen LogP contribution in [0.1, 0.15) is 11.1 Å². The fraction of sp³-hybridized carbons (Fsp3) is 0.182. The van der Waals surface area contributed by atoms with Gasteiger partial charge in [-0.05, 0) is 31.0 Å². The zero-order valence-corrected chi connectivity index (χ0v) is 7.70. The summed E-state index contributed by atoms with van der Waals surface area (Å²) in [7, 11) is 0. The van der Waals surface area contributed by atoms with Crippen LogP contribution in [0.5, 0.6) is 5.75 Å². The Balaban J connectivity index is 2.97. The molecule has 0 aliphatic rings. The van der Waals surface area contributed by atoms with Crippen LogP contribution in [0.25, 0.3) is 10.8 Å². The van der Waals surface area contributed by atoms with Crippen molar-refractivity contribution >= 4 is 10.8 Å². The summed E-state index contributed by atoms with van der Waals surface area (Å²) in [5.74, 6) is 0.364. The largest absolute Gasteiger partial charge is 0.507 e. The van der Waals surface area contributed by atoms with Crippen LogP contribution < -0.4 is 0 Å². The number of aromatic hydroxyl groups is 1. The second-order valence-corrected chi connectivity index (χ2v) is 3.28. The topological polar surface area (TPSA) is 33.1 Å². The monoisotopic (exact) mass is 173 g/mol. The van der Waals surface area contributed by atoms with Crippen molar-refractivity contribution in [3.63, 3.8) is 0 Å². The normalized spacial score (nSPS) is 10.6. The van der Waals surface area contributed by atoms with E-state index in [0.717, 1.165) is 21.9 Å². The maximum Gasteiger partial charge on any atom is 0.126 e. The highest BCUT2D eigenvalue weighted by Crippen LogP contribution is 2.29. The van der Waals surface area contributed by atoms with E-state index >= 15 is 0 Å². The first-order chi connectivity index (χ1) is 6.20. The Kier molecular flexibility index (Phi) is 1.69. The quantitative estimate of drug-likeness (QED) is 0.664. The minimum Gasteiger partial charge on any atom is -0.507 e. The standard InChI is InChI=1S/C11H11NO/c1-7-5-8(2)11(13)9-3-4-12-6-10(7)9/h3-6,13H,1-2H3. The molecule has 1 N–H and O–H groups in total. The summed E-state index contributed by atoms with van der Waals surface area (Å²) in [4.78, 5) is 4.03. The molecule has 0 saturated heterocycles. The molecule has 2 rings (SSSR count). The van der Waals surface area contributed by atoms with Gasteiger partial charge in [-0.1, -0.05) is 6.07 Å². The third-order valence-electron chi connectivity index (χ3n) is 2.31. The van der Waals surface area contributed by atoms with Crippen LogP contribution in [0.4, 0.5) is 0 Å². The van der Waals surface area contributed by atoms with Gasteiger partial charge in [0.2, 0.25) is 0 Å². The molecule has 0 bridgehead atoms. The van der Waals surface area contributed by atoms with Crippen LogP contribution in [0.15, 0.2) is 24.5 Å². The minimum absolute atomic E-state index is 0.364. The van der Waals surface area contributed by atoms with Crippen molar-refractivity contribution < 1.29 is 5.11 Å². The van der Waals surface area contributed by atoms with E-state index < -0.39 is 0 Å². The SMILES string of the molecule is Cc1cc(C)c2cnccc2c1O. The van der Waals surface area contributed by atoms with Gasteiger partial charge >= 0.3 is 0 Å². The highest BCUT2D eigenvalue weighted by Gasteiger charge is 2.04. The summed E-state index contributed by atoms with van der Waals surface area (Å²) in [5, 5.41) is 11.7. The van der Waals surface area contributed by atoms with Gasteiger partial charge in [-0.15, -0.1) is 0 Å². The van der Waals surface area contributed by atoms with Crippen molar-refractivity contribution in [2.45, 2.75) is 13.8 Å². The summed E-state index contributed by atoms with van der Waals surface area (Å²) in [5.41, 5.74) is 2.06. The third-order valence-corrected chi connectivity index (χ3v) is 2.31. The Morgan fingerprint density at radius 2 is 1.92 bits per heavy atom. The maximum absolute atomic E-state index is 9.75. The van der Waals surface area contributed by atoms with E-state index in [9.17, 15) is 5.11 Å². The molecule has 1 aromatic heterocycles. The van der Waals surface area contributed by atoms with Crippen molar-refractivity contribution in [1.29, 1.82) is 0 Å². The van der Waals surface area contributed by atoms with E-state index in [1.807, 2.05) is 26.0 Å². The lowest BCUT2D eigenvalue weighted by Crippen LogP contribution is -1.84. The number of phenols is 1. The van der Waals surface area contributed by atoms with Gasteiger partial charge in [-0.25, -0.2) is 0 Å². The average molecular weight is 173 g/mol. The lowest BCUT2D eigenvalue weighted by molar-refractivity contribution is 0.477. The Morgan fingerprint density at radius 1 is 1.15 bits per heavy atom. The molecule has 2 nitrogen and oxygen atoms in total. The number of nitrogens with zero attached hydrogens (tertiary/aromatic N) is 1. The molecule has 2 aromatic rings. The first-order valence-electron chi connectivity index (χ1n) is 4.23. The van der Waals surface area contributed by atoms with E-state index in [4.69, 9.17) is 0 Å². The van der Waals surface area contributed by atoms with Crippen molar-refractivity contribution in [3.05, 3.63) is 35.7 Å². The van der Waals surface area contributed by atoms with Gasteiger partial charge < -0.3 is 5.11 Å². The molecule has 13 heavy (non-hydrogen) atoms. The van der Waals surface area contributed by atoms with E-state index in [1.165, 1.54) is 0 Å². The van der Waals surface area contributed by atoms with E-state index in [1.54, 1.807) is 12.4 Å². The molecule has 1 aromatic carbocycles. The number of pyridine rings is 1. The first-order valence-corrected chi connectivity index (χ1v) is 4.23. The molecule has 1 heterocycles. The molecule has 66 valence electrons. The van der Waals surface area contributed by atoms with Gasteiger partial charge in [0.1, 0.15) is 5.75 Å². The number of benzene rings is 1. The van der Waals surface area contributed by atoms with Crippen molar-refractivity contribution in [1.82, 2.24) is 4.98 Å². The Bertz CT molecular complexity index is 463. The smallest absolute Gasteiger partial charge is 0.126 e. The van der Waals surface area contributed by atoms with Gasteiger partial charge in [-0.2, -0.15) is 0 Å². The van der Waals surface area contributed by atoms with Crippen LogP contribution >= 0.6 is 0 Å². The molecule has 0 saturated carbocycles. The predicted octanol–water partition coefficient (Wildman–Crippen LogP) is 2.56. The van der Waals surface area contributed by atoms with Gasteiger partial charge in [-0.3, -0.25) is 4.98 Å². The van der Waals surface area contributed by atoms with Crippen molar-refractivity contribution in [2.75, 3.05) is 0 Å². The molecule has 0 fully saturated rings. The van der Waals surface area contributed by atoms with E-state index in [0.29, 0.717) is 5.75 Å². The predicted molar refractivity (Wildman–Crippen MR) is 52.9 cm³/mol. The highest BCUT2D eigenvalue weighted by atomic mass is 16.3. The Morgan fingerprint density at radius 3 is 2.69 bits per heavy atom.